The number of aromatic nitrogens is 2. The molecule has 8 heteroatoms. The maximum atomic E-state index is 12.8. The fraction of sp³-hybridized carbons (Fsp3) is 0.500. The maximum Gasteiger partial charge on any atom is 0.226 e. The van der Waals surface area contributed by atoms with Gasteiger partial charge in [0.15, 0.2) is 0 Å². The Kier molecular flexibility index (Phi) is 6.08. The van der Waals surface area contributed by atoms with Crippen LogP contribution in [-0.2, 0) is 17.8 Å². The molecule has 0 atom stereocenters. The van der Waals surface area contributed by atoms with E-state index in [1.54, 1.807) is 22.7 Å². The smallest absolute Gasteiger partial charge is 0.226 e. The molecule has 158 valence electrons. The van der Waals surface area contributed by atoms with Gasteiger partial charge in [-0.15, -0.1) is 22.7 Å². The lowest BCUT2D eigenvalue weighted by Gasteiger charge is -2.19. The Morgan fingerprint density at radius 1 is 1.20 bits per heavy atom. The molecule has 5 heterocycles. The van der Waals surface area contributed by atoms with Gasteiger partial charge in [-0.3, -0.25) is 9.78 Å². The molecule has 0 aromatic carbocycles. The molecule has 0 unspecified atom stereocenters. The molecular formula is C22H27N5OS2. The highest BCUT2D eigenvalue weighted by molar-refractivity contribution is 7.22. The number of nitrogens with one attached hydrogen (secondary N) is 2. The normalized spacial score (nSPS) is 17.6. The van der Waals surface area contributed by atoms with Crippen LogP contribution in [-0.4, -0.2) is 47.0 Å². The van der Waals surface area contributed by atoms with E-state index < -0.39 is 0 Å². The number of carbonyl (C=O) groups excluding carboxylic acids is 1. The molecule has 1 amide bonds. The van der Waals surface area contributed by atoms with Gasteiger partial charge >= 0.3 is 0 Å². The molecule has 0 radical (unpaired) electrons. The van der Waals surface area contributed by atoms with E-state index in [0.717, 1.165) is 64.9 Å². The summed E-state index contributed by atoms with van der Waals surface area (Å²) in [7, 11) is 0. The van der Waals surface area contributed by atoms with E-state index >= 15 is 0 Å². The number of thiazole rings is 1. The van der Waals surface area contributed by atoms with Crippen molar-refractivity contribution in [1.82, 2.24) is 20.2 Å². The van der Waals surface area contributed by atoms with Gasteiger partial charge in [-0.2, -0.15) is 0 Å². The minimum absolute atomic E-state index is 0.106. The van der Waals surface area contributed by atoms with Gasteiger partial charge in [0, 0.05) is 36.1 Å². The van der Waals surface area contributed by atoms with Crippen molar-refractivity contribution in [2.75, 3.05) is 31.5 Å². The summed E-state index contributed by atoms with van der Waals surface area (Å²) in [5, 5.41) is 8.63. The number of carbonyl (C=O) groups is 1. The molecule has 2 aliphatic rings. The quantitative estimate of drug-likeness (QED) is 0.619. The van der Waals surface area contributed by atoms with E-state index in [2.05, 4.69) is 20.5 Å². The Hall–Kier alpha value is -1.87. The summed E-state index contributed by atoms with van der Waals surface area (Å²) in [4.78, 5) is 25.6. The summed E-state index contributed by atoms with van der Waals surface area (Å²) < 4.78 is 1.13. The molecule has 3 aromatic rings. The molecule has 0 aliphatic carbocycles. The van der Waals surface area contributed by atoms with Crippen molar-refractivity contribution in [3.05, 3.63) is 28.9 Å². The zero-order valence-electron chi connectivity index (χ0n) is 17.1. The van der Waals surface area contributed by atoms with E-state index in [-0.39, 0.29) is 5.91 Å². The Bertz CT molecular complexity index is 1000. The lowest BCUT2D eigenvalue weighted by molar-refractivity contribution is -0.116. The van der Waals surface area contributed by atoms with E-state index in [9.17, 15) is 4.79 Å². The van der Waals surface area contributed by atoms with Crippen LogP contribution in [0.5, 0.6) is 0 Å². The van der Waals surface area contributed by atoms with Gasteiger partial charge < -0.3 is 15.5 Å². The highest BCUT2D eigenvalue weighted by atomic mass is 32.1. The Morgan fingerprint density at radius 2 is 2.07 bits per heavy atom. The third kappa shape index (κ3) is 4.27. The highest BCUT2D eigenvalue weighted by Crippen LogP contribution is 2.44. The van der Waals surface area contributed by atoms with E-state index in [0.29, 0.717) is 6.42 Å². The second-order valence-corrected chi connectivity index (χ2v) is 10.2. The van der Waals surface area contributed by atoms with Gasteiger partial charge in [0.1, 0.15) is 15.5 Å². The van der Waals surface area contributed by atoms with Crippen LogP contribution in [0.1, 0.15) is 42.5 Å². The molecule has 1 saturated heterocycles. The molecule has 3 aromatic heterocycles. The predicted molar refractivity (Wildman–Crippen MR) is 124 cm³/mol. The summed E-state index contributed by atoms with van der Waals surface area (Å²) in [6.45, 7) is 4.92. The number of fused-ring (bicyclic) bond motifs is 2. The number of hydrogen-bond donors (Lipinski definition) is 2. The van der Waals surface area contributed by atoms with Gasteiger partial charge in [0.05, 0.1) is 10.9 Å². The lowest BCUT2D eigenvalue weighted by Crippen LogP contribution is -2.28. The molecule has 0 spiro atoms. The summed E-state index contributed by atoms with van der Waals surface area (Å²) in [5.41, 5.74) is 3.39. The zero-order valence-corrected chi connectivity index (χ0v) is 18.7. The number of thiophene rings is 1. The number of likely N-dealkylation sites (tertiary alicyclic amines) is 1. The monoisotopic (exact) mass is 441 g/mol. The SMILES string of the molecule is O=C(CCN1CCCCCC1)Nc1sc2c(c1-c1nc3cnccc3s1)CCNC2. The van der Waals surface area contributed by atoms with Crippen LogP contribution in [0.2, 0.25) is 0 Å². The third-order valence-corrected chi connectivity index (χ3v) is 8.14. The standard InChI is InChI=1S/C22H27N5OS2/c28-19(7-12-27-10-3-1-2-4-11-27)26-22-20(15-5-8-24-14-18(15)30-22)21-25-16-13-23-9-6-17(16)29-21/h6,9,13,24H,1-5,7-8,10-12,14H2,(H,26,28). The molecule has 2 aliphatic heterocycles. The number of rotatable bonds is 5. The Labute approximate surface area is 184 Å². The van der Waals surface area contributed by atoms with Gasteiger partial charge in [-0.25, -0.2) is 4.98 Å². The molecule has 5 rings (SSSR count). The van der Waals surface area contributed by atoms with Crippen molar-refractivity contribution in [2.45, 2.75) is 45.1 Å². The van der Waals surface area contributed by atoms with Crippen molar-refractivity contribution >= 4 is 43.8 Å². The third-order valence-electron chi connectivity index (χ3n) is 5.94. The van der Waals surface area contributed by atoms with Crippen molar-refractivity contribution in [1.29, 1.82) is 0 Å². The van der Waals surface area contributed by atoms with Crippen LogP contribution < -0.4 is 10.6 Å². The van der Waals surface area contributed by atoms with E-state index in [1.165, 1.54) is 36.1 Å². The van der Waals surface area contributed by atoms with Gasteiger partial charge in [-0.1, -0.05) is 12.8 Å². The van der Waals surface area contributed by atoms with Crippen LogP contribution in [0.25, 0.3) is 20.8 Å². The lowest BCUT2D eigenvalue weighted by atomic mass is 10.0. The Morgan fingerprint density at radius 3 is 2.90 bits per heavy atom. The number of pyridine rings is 1. The maximum absolute atomic E-state index is 12.8. The van der Waals surface area contributed by atoms with Crippen molar-refractivity contribution in [2.24, 2.45) is 0 Å². The zero-order chi connectivity index (χ0) is 20.3. The molecule has 1 fully saturated rings. The van der Waals surface area contributed by atoms with E-state index in [4.69, 9.17) is 4.98 Å². The van der Waals surface area contributed by atoms with Gasteiger partial charge in [-0.05, 0) is 50.5 Å². The minimum Gasteiger partial charge on any atom is -0.317 e. The van der Waals surface area contributed by atoms with Crippen LogP contribution >= 0.6 is 22.7 Å². The van der Waals surface area contributed by atoms with Crippen LogP contribution in [0.15, 0.2) is 18.5 Å². The first-order chi connectivity index (χ1) is 14.8. The molecule has 6 nitrogen and oxygen atoms in total. The topological polar surface area (TPSA) is 70.2 Å². The summed E-state index contributed by atoms with van der Waals surface area (Å²) in [6.07, 6.45) is 10.3. The van der Waals surface area contributed by atoms with Gasteiger partial charge in [0.2, 0.25) is 5.91 Å². The number of nitrogens with zero attached hydrogens (tertiary/aromatic N) is 3. The van der Waals surface area contributed by atoms with Crippen molar-refractivity contribution in [3.63, 3.8) is 0 Å². The summed E-state index contributed by atoms with van der Waals surface area (Å²) in [5.74, 6) is 0.106. The fourth-order valence-corrected chi connectivity index (χ4v) is 6.66. The number of amides is 1. The average Bonchev–Trinajstić information content (AvgIpc) is 3.23. The van der Waals surface area contributed by atoms with Crippen molar-refractivity contribution in [3.8, 4) is 10.6 Å². The molecule has 2 N–H and O–H groups in total. The average molecular weight is 442 g/mol. The molecule has 0 saturated carbocycles. The second kappa shape index (κ2) is 9.09. The Balaban J connectivity index is 1.37. The van der Waals surface area contributed by atoms with Gasteiger partial charge in [0.25, 0.3) is 0 Å². The first-order valence-corrected chi connectivity index (χ1v) is 12.5. The first-order valence-electron chi connectivity index (χ1n) is 10.9. The fourth-order valence-electron chi connectivity index (χ4n) is 4.34. The minimum atomic E-state index is 0.106. The molecular weight excluding hydrogens is 414 g/mol. The highest BCUT2D eigenvalue weighted by Gasteiger charge is 2.25. The van der Waals surface area contributed by atoms with Crippen LogP contribution in [0, 0.1) is 0 Å². The summed E-state index contributed by atoms with van der Waals surface area (Å²) in [6, 6.07) is 2.01. The van der Waals surface area contributed by atoms with Crippen molar-refractivity contribution < 1.29 is 4.79 Å². The second-order valence-electron chi connectivity index (χ2n) is 8.05. The van der Waals surface area contributed by atoms with E-state index in [1.807, 2.05) is 18.5 Å². The van der Waals surface area contributed by atoms with Crippen LogP contribution in [0.3, 0.4) is 0 Å². The summed E-state index contributed by atoms with van der Waals surface area (Å²) >= 11 is 3.39. The molecule has 30 heavy (non-hydrogen) atoms. The number of hydrogen-bond acceptors (Lipinski definition) is 7. The largest absolute Gasteiger partial charge is 0.317 e. The molecule has 0 bridgehead atoms. The number of anilines is 1. The van der Waals surface area contributed by atoms with Crippen LogP contribution in [0.4, 0.5) is 5.00 Å². The first kappa shape index (κ1) is 20.1. The predicted octanol–water partition coefficient (Wildman–Crippen LogP) is 4.27.